The van der Waals surface area contributed by atoms with Crippen LogP contribution in [0.3, 0.4) is 0 Å². The Morgan fingerprint density at radius 2 is 2.04 bits per heavy atom. The molecule has 0 spiro atoms. The highest BCUT2D eigenvalue weighted by molar-refractivity contribution is 7.13. The summed E-state index contributed by atoms with van der Waals surface area (Å²) in [5.41, 5.74) is 3.26. The molecular formula is C18H15FN2OS. The number of amides is 1. The standard InChI is InChI=1S/C18H15FN2OS/c1-12-4-2-7-15(8-12)20-17(22)10-16-11-23-18(21-16)13-5-3-6-14(19)9-13/h2-9,11H,10H2,1H3,(H,20,22). The van der Waals surface area contributed by atoms with Gasteiger partial charge in [-0.25, -0.2) is 9.37 Å². The fraction of sp³-hybridized carbons (Fsp3) is 0.111. The monoisotopic (exact) mass is 326 g/mol. The van der Waals surface area contributed by atoms with Crippen molar-refractivity contribution >= 4 is 22.9 Å². The molecule has 3 aromatic rings. The van der Waals surface area contributed by atoms with Crippen molar-refractivity contribution in [2.24, 2.45) is 0 Å². The van der Waals surface area contributed by atoms with Gasteiger partial charge in [0.1, 0.15) is 10.8 Å². The van der Waals surface area contributed by atoms with Crippen molar-refractivity contribution in [2.75, 3.05) is 5.32 Å². The van der Waals surface area contributed by atoms with Crippen LogP contribution in [0.1, 0.15) is 11.3 Å². The Morgan fingerprint density at radius 3 is 2.83 bits per heavy atom. The van der Waals surface area contributed by atoms with E-state index in [2.05, 4.69) is 10.3 Å². The third-order valence-electron chi connectivity index (χ3n) is 3.27. The molecule has 0 saturated heterocycles. The van der Waals surface area contributed by atoms with Gasteiger partial charge in [-0.1, -0.05) is 24.3 Å². The van der Waals surface area contributed by atoms with E-state index in [1.54, 1.807) is 12.1 Å². The van der Waals surface area contributed by atoms with Gasteiger partial charge in [0.2, 0.25) is 5.91 Å². The third kappa shape index (κ3) is 4.02. The molecule has 1 aromatic heterocycles. The Balaban J connectivity index is 1.68. The number of aryl methyl sites for hydroxylation is 1. The van der Waals surface area contributed by atoms with E-state index in [-0.39, 0.29) is 18.1 Å². The molecule has 5 heteroatoms. The van der Waals surface area contributed by atoms with Crippen LogP contribution in [-0.2, 0) is 11.2 Å². The topological polar surface area (TPSA) is 42.0 Å². The first-order valence-electron chi connectivity index (χ1n) is 7.17. The maximum atomic E-state index is 13.3. The number of carbonyl (C=O) groups excluding carboxylic acids is 1. The second-order valence-electron chi connectivity index (χ2n) is 5.25. The van der Waals surface area contributed by atoms with E-state index in [1.807, 2.05) is 36.6 Å². The molecule has 0 bridgehead atoms. The zero-order valence-electron chi connectivity index (χ0n) is 12.5. The predicted octanol–water partition coefficient (Wildman–Crippen LogP) is 4.44. The molecular weight excluding hydrogens is 311 g/mol. The van der Waals surface area contributed by atoms with Crippen molar-refractivity contribution in [1.82, 2.24) is 4.98 Å². The number of benzene rings is 2. The molecule has 0 atom stereocenters. The number of nitrogens with zero attached hydrogens (tertiary/aromatic N) is 1. The maximum absolute atomic E-state index is 13.3. The molecule has 0 aliphatic heterocycles. The second-order valence-corrected chi connectivity index (χ2v) is 6.11. The largest absolute Gasteiger partial charge is 0.326 e. The number of thiazole rings is 1. The summed E-state index contributed by atoms with van der Waals surface area (Å²) in [6.45, 7) is 1.97. The van der Waals surface area contributed by atoms with E-state index in [4.69, 9.17) is 0 Å². The molecule has 0 saturated carbocycles. The number of rotatable bonds is 4. The van der Waals surface area contributed by atoms with Crippen LogP contribution in [0.2, 0.25) is 0 Å². The van der Waals surface area contributed by atoms with Gasteiger partial charge in [-0.3, -0.25) is 4.79 Å². The van der Waals surface area contributed by atoms with Crippen LogP contribution >= 0.6 is 11.3 Å². The van der Waals surface area contributed by atoms with Gasteiger partial charge in [0, 0.05) is 16.6 Å². The van der Waals surface area contributed by atoms with Gasteiger partial charge in [-0.05, 0) is 36.8 Å². The Bertz CT molecular complexity index is 844. The average Bonchev–Trinajstić information content (AvgIpc) is 2.95. The number of anilines is 1. The summed E-state index contributed by atoms with van der Waals surface area (Å²) in [4.78, 5) is 16.5. The summed E-state index contributed by atoms with van der Waals surface area (Å²) < 4.78 is 13.3. The van der Waals surface area contributed by atoms with Crippen molar-refractivity contribution in [3.8, 4) is 10.6 Å². The molecule has 3 nitrogen and oxygen atoms in total. The smallest absolute Gasteiger partial charge is 0.230 e. The van der Waals surface area contributed by atoms with E-state index < -0.39 is 0 Å². The first-order valence-corrected chi connectivity index (χ1v) is 8.05. The zero-order valence-corrected chi connectivity index (χ0v) is 13.4. The highest BCUT2D eigenvalue weighted by atomic mass is 32.1. The van der Waals surface area contributed by atoms with Crippen molar-refractivity contribution in [3.05, 3.63) is 71.0 Å². The molecule has 2 aromatic carbocycles. The van der Waals surface area contributed by atoms with Gasteiger partial charge in [0.15, 0.2) is 0 Å². The number of nitrogens with one attached hydrogen (secondary N) is 1. The summed E-state index contributed by atoms with van der Waals surface area (Å²) in [5.74, 6) is -0.414. The molecule has 1 amide bonds. The van der Waals surface area contributed by atoms with Gasteiger partial charge >= 0.3 is 0 Å². The summed E-state index contributed by atoms with van der Waals surface area (Å²) in [6, 6.07) is 13.9. The predicted molar refractivity (Wildman–Crippen MR) is 91.0 cm³/mol. The summed E-state index contributed by atoms with van der Waals surface area (Å²) >= 11 is 1.40. The van der Waals surface area contributed by atoms with Crippen LogP contribution in [0.5, 0.6) is 0 Å². The quantitative estimate of drug-likeness (QED) is 0.770. The molecule has 0 fully saturated rings. The molecule has 0 aliphatic carbocycles. The average molecular weight is 326 g/mol. The minimum Gasteiger partial charge on any atom is -0.326 e. The maximum Gasteiger partial charge on any atom is 0.230 e. The first-order chi connectivity index (χ1) is 11.1. The highest BCUT2D eigenvalue weighted by Crippen LogP contribution is 2.24. The fourth-order valence-corrected chi connectivity index (χ4v) is 3.05. The lowest BCUT2D eigenvalue weighted by Gasteiger charge is -2.04. The fourth-order valence-electron chi connectivity index (χ4n) is 2.23. The number of hydrogen-bond donors (Lipinski definition) is 1. The van der Waals surface area contributed by atoms with Crippen LogP contribution in [0.15, 0.2) is 53.9 Å². The SMILES string of the molecule is Cc1cccc(NC(=O)Cc2csc(-c3cccc(F)c3)n2)c1. The first kappa shape index (κ1) is 15.4. The second kappa shape index (κ2) is 6.71. The van der Waals surface area contributed by atoms with Gasteiger partial charge in [0.25, 0.3) is 0 Å². The lowest BCUT2D eigenvalue weighted by atomic mass is 10.2. The van der Waals surface area contributed by atoms with Crippen molar-refractivity contribution in [2.45, 2.75) is 13.3 Å². The Hall–Kier alpha value is -2.53. The number of carbonyl (C=O) groups is 1. The van der Waals surface area contributed by atoms with Gasteiger partial charge in [0.05, 0.1) is 12.1 Å². The zero-order chi connectivity index (χ0) is 16.2. The van der Waals surface area contributed by atoms with Gasteiger partial charge in [-0.15, -0.1) is 11.3 Å². The van der Waals surface area contributed by atoms with E-state index in [1.165, 1.54) is 23.5 Å². The van der Waals surface area contributed by atoms with Crippen molar-refractivity contribution < 1.29 is 9.18 Å². The van der Waals surface area contributed by atoms with E-state index in [0.717, 1.165) is 16.8 Å². The molecule has 1 N–H and O–H groups in total. The summed E-state index contributed by atoms with van der Waals surface area (Å²) in [7, 11) is 0. The normalized spacial score (nSPS) is 10.5. The molecule has 116 valence electrons. The van der Waals surface area contributed by atoms with Gasteiger partial charge in [-0.2, -0.15) is 0 Å². The van der Waals surface area contributed by atoms with E-state index >= 15 is 0 Å². The molecule has 0 radical (unpaired) electrons. The Morgan fingerprint density at radius 1 is 1.22 bits per heavy atom. The van der Waals surface area contributed by atoms with Crippen LogP contribution in [-0.4, -0.2) is 10.9 Å². The lowest BCUT2D eigenvalue weighted by Crippen LogP contribution is -2.14. The van der Waals surface area contributed by atoms with E-state index in [0.29, 0.717) is 10.7 Å². The summed E-state index contributed by atoms with van der Waals surface area (Å²) in [6.07, 6.45) is 0.194. The molecule has 3 rings (SSSR count). The molecule has 0 aliphatic rings. The highest BCUT2D eigenvalue weighted by Gasteiger charge is 2.10. The van der Waals surface area contributed by atoms with Crippen LogP contribution < -0.4 is 5.32 Å². The Kier molecular flexibility index (Phi) is 4.48. The summed E-state index contributed by atoms with van der Waals surface area (Å²) in [5, 5.41) is 5.40. The van der Waals surface area contributed by atoms with Gasteiger partial charge < -0.3 is 5.32 Å². The molecule has 23 heavy (non-hydrogen) atoms. The minimum absolute atomic E-state index is 0.119. The number of halogens is 1. The lowest BCUT2D eigenvalue weighted by molar-refractivity contribution is -0.115. The molecule has 0 unspecified atom stereocenters. The van der Waals surface area contributed by atoms with Crippen LogP contribution in [0.25, 0.3) is 10.6 Å². The van der Waals surface area contributed by atoms with Crippen LogP contribution in [0, 0.1) is 12.7 Å². The Labute approximate surface area is 137 Å². The van der Waals surface area contributed by atoms with E-state index in [9.17, 15) is 9.18 Å². The van der Waals surface area contributed by atoms with Crippen molar-refractivity contribution in [1.29, 1.82) is 0 Å². The minimum atomic E-state index is -0.295. The number of hydrogen-bond acceptors (Lipinski definition) is 3. The van der Waals surface area contributed by atoms with Crippen LogP contribution in [0.4, 0.5) is 10.1 Å². The molecule has 1 heterocycles. The number of aromatic nitrogens is 1. The third-order valence-corrected chi connectivity index (χ3v) is 4.21. The van der Waals surface area contributed by atoms with Crippen molar-refractivity contribution in [3.63, 3.8) is 0 Å².